The Morgan fingerprint density at radius 3 is 0.682 bits per heavy atom. The smallest absolute Gasteiger partial charge is 0.0468 e. The standard InChI is InChI=1S/C64H46N2/c1-5-13-47(14-6-1)51-23-34-59(35-24-51)65(60-36-25-52(26-37-60)48-15-7-2-8-16-48)61-42-31-55(32-43-61)56-21-22-58-46-64(44-33-57(58)45-56)66(62-38-27-53(28-39-62)49-17-9-3-10-18-49)63-40-29-54(30-41-63)50-19-11-4-12-20-50/h1-46H. The van der Waals surface area contributed by atoms with Gasteiger partial charge in [-0.15, -0.1) is 0 Å². The molecule has 11 aromatic rings. The van der Waals surface area contributed by atoms with Crippen LogP contribution in [0.2, 0.25) is 0 Å². The van der Waals surface area contributed by atoms with Gasteiger partial charge in [0.25, 0.3) is 0 Å². The molecular formula is C64H46N2. The van der Waals surface area contributed by atoms with Crippen molar-refractivity contribution < 1.29 is 0 Å². The van der Waals surface area contributed by atoms with Crippen LogP contribution in [0.15, 0.2) is 279 Å². The van der Waals surface area contributed by atoms with Crippen LogP contribution in [0.4, 0.5) is 34.1 Å². The van der Waals surface area contributed by atoms with Crippen molar-refractivity contribution >= 4 is 44.9 Å². The zero-order chi connectivity index (χ0) is 44.1. The molecule has 0 aromatic heterocycles. The summed E-state index contributed by atoms with van der Waals surface area (Å²) in [6, 6.07) is 100. The number of rotatable bonds is 11. The van der Waals surface area contributed by atoms with E-state index in [0.29, 0.717) is 0 Å². The highest BCUT2D eigenvalue weighted by molar-refractivity contribution is 5.93. The van der Waals surface area contributed by atoms with Crippen molar-refractivity contribution in [2.24, 2.45) is 0 Å². The maximum absolute atomic E-state index is 2.35. The van der Waals surface area contributed by atoms with Gasteiger partial charge in [-0.25, -0.2) is 0 Å². The Morgan fingerprint density at radius 2 is 0.364 bits per heavy atom. The van der Waals surface area contributed by atoms with Crippen molar-refractivity contribution in [2.45, 2.75) is 0 Å². The Balaban J connectivity index is 0.906. The van der Waals surface area contributed by atoms with Gasteiger partial charge in [0.05, 0.1) is 0 Å². The number of nitrogens with zero attached hydrogens (tertiary/aromatic N) is 2. The van der Waals surface area contributed by atoms with Gasteiger partial charge in [-0.2, -0.15) is 0 Å². The molecule has 0 saturated carbocycles. The van der Waals surface area contributed by atoms with Gasteiger partial charge >= 0.3 is 0 Å². The Hall–Kier alpha value is -8.72. The molecule has 0 bridgehead atoms. The maximum atomic E-state index is 2.35. The molecule has 2 heteroatoms. The topological polar surface area (TPSA) is 6.48 Å². The second kappa shape index (κ2) is 18.2. The lowest BCUT2D eigenvalue weighted by Crippen LogP contribution is -2.10. The molecule has 11 aromatic carbocycles. The van der Waals surface area contributed by atoms with Crippen LogP contribution in [-0.2, 0) is 0 Å². The fraction of sp³-hybridized carbons (Fsp3) is 0. The molecule has 0 unspecified atom stereocenters. The lowest BCUT2D eigenvalue weighted by molar-refractivity contribution is 1.28. The number of fused-ring (bicyclic) bond motifs is 1. The summed E-state index contributed by atoms with van der Waals surface area (Å²) in [7, 11) is 0. The second-order valence-electron chi connectivity index (χ2n) is 16.6. The molecule has 0 aliphatic heterocycles. The average molecular weight is 843 g/mol. The van der Waals surface area contributed by atoms with E-state index >= 15 is 0 Å². The average Bonchev–Trinajstić information content (AvgIpc) is 3.41. The molecule has 0 fully saturated rings. The van der Waals surface area contributed by atoms with Crippen LogP contribution >= 0.6 is 0 Å². The van der Waals surface area contributed by atoms with Gasteiger partial charge in [-0.05, 0) is 145 Å². The van der Waals surface area contributed by atoms with E-state index in [1.807, 2.05) is 0 Å². The van der Waals surface area contributed by atoms with E-state index in [2.05, 4.69) is 289 Å². The van der Waals surface area contributed by atoms with Gasteiger partial charge in [-0.1, -0.05) is 200 Å². The minimum Gasteiger partial charge on any atom is -0.311 e. The van der Waals surface area contributed by atoms with E-state index in [9.17, 15) is 0 Å². The van der Waals surface area contributed by atoms with E-state index in [1.54, 1.807) is 0 Å². The second-order valence-corrected chi connectivity index (χ2v) is 16.6. The molecular weight excluding hydrogens is 797 g/mol. The van der Waals surface area contributed by atoms with E-state index in [-0.39, 0.29) is 0 Å². The van der Waals surface area contributed by atoms with E-state index in [0.717, 1.165) is 34.1 Å². The van der Waals surface area contributed by atoms with Crippen LogP contribution < -0.4 is 9.80 Å². The minimum atomic E-state index is 1.10. The largest absolute Gasteiger partial charge is 0.311 e. The molecule has 0 amide bonds. The van der Waals surface area contributed by atoms with Crippen molar-refractivity contribution in [3.63, 3.8) is 0 Å². The van der Waals surface area contributed by atoms with Crippen LogP contribution in [0.25, 0.3) is 66.4 Å². The maximum Gasteiger partial charge on any atom is 0.0468 e. The van der Waals surface area contributed by atoms with Gasteiger partial charge < -0.3 is 9.80 Å². The molecule has 312 valence electrons. The summed E-state index contributed by atoms with van der Waals surface area (Å²) in [6.07, 6.45) is 0. The molecule has 0 spiro atoms. The van der Waals surface area contributed by atoms with Crippen molar-refractivity contribution in [1.82, 2.24) is 0 Å². The SMILES string of the molecule is c1ccc(-c2ccc(N(c3ccc(-c4ccccc4)cc3)c3ccc(-c4ccc5cc(N(c6ccc(-c7ccccc7)cc6)c6ccc(-c7ccccc7)cc6)ccc5c4)cc3)cc2)cc1. The highest BCUT2D eigenvalue weighted by atomic mass is 15.1. The fourth-order valence-corrected chi connectivity index (χ4v) is 8.98. The first-order valence-electron chi connectivity index (χ1n) is 22.6. The summed E-state index contributed by atoms with van der Waals surface area (Å²) < 4.78 is 0. The first-order valence-corrected chi connectivity index (χ1v) is 22.6. The van der Waals surface area contributed by atoms with Crippen molar-refractivity contribution in [2.75, 3.05) is 9.80 Å². The van der Waals surface area contributed by atoms with E-state index in [1.165, 1.54) is 66.4 Å². The third-order valence-electron chi connectivity index (χ3n) is 12.5. The predicted molar refractivity (Wildman–Crippen MR) is 280 cm³/mol. The van der Waals surface area contributed by atoms with Crippen LogP contribution in [0, 0.1) is 0 Å². The Labute approximate surface area is 387 Å². The van der Waals surface area contributed by atoms with E-state index in [4.69, 9.17) is 0 Å². The molecule has 66 heavy (non-hydrogen) atoms. The molecule has 0 aliphatic rings. The molecule has 0 atom stereocenters. The minimum absolute atomic E-state index is 1.10. The fourth-order valence-electron chi connectivity index (χ4n) is 8.98. The van der Waals surface area contributed by atoms with Gasteiger partial charge in [0.15, 0.2) is 0 Å². The monoisotopic (exact) mass is 842 g/mol. The van der Waals surface area contributed by atoms with Crippen LogP contribution in [-0.4, -0.2) is 0 Å². The first-order chi connectivity index (χ1) is 32.7. The molecule has 11 rings (SSSR count). The number of hydrogen-bond acceptors (Lipinski definition) is 2. The summed E-state index contributed by atoms with van der Waals surface area (Å²) in [5.74, 6) is 0. The highest BCUT2D eigenvalue weighted by Gasteiger charge is 2.16. The molecule has 0 aliphatic carbocycles. The molecule has 0 heterocycles. The first kappa shape index (κ1) is 40.1. The zero-order valence-corrected chi connectivity index (χ0v) is 36.5. The summed E-state index contributed by atoms with van der Waals surface area (Å²) >= 11 is 0. The van der Waals surface area contributed by atoms with Crippen molar-refractivity contribution in [3.05, 3.63) is 279 Å². The van der Waals surface area contributed by atoms with Gasteiger partial charge in [-0.3, -0.25) is 0 Å². The number of hydrogen-bond donors (Lipinski definition) is 0. The molecule has 0 saturated heterocycles. The zero-order valence-electron chi connectivity index (χ0n) is 36.5. The van der Waals surface area contributed by atoms with Crippen molar-refractivity contribution in [1.29, 1.82) is 0 Å². The van der Waals surface area contributed by atoms with Crippen LogP contribution in [0.5, 0.6) is 0 Å². The normalized spacial score (nSPS) is 11.0. The number of anilines is 6. The summed E-state index contributed by atoms with van der Waals surface area (Å²) in [5, 5.41) is 2.38. The van der Waals surface area contributed by atoms with Crippen LogP contribution in [0.3, 0.4) is 0 Å². The predicted octanol–water partition coefficient (Wildman–Crippen LogP) is 18.1. The van der Waals surface area contributed by atoms with Crippen molar-refractivity contribution in [3.8, 4) is 55.6 Å². The molecule has 2 nitrogen and oxygen atoms in total. The summed E-state index contributed by atoms with van der Waals surface area (Å²) in [4.78, 5) is 4.69. The van der Waals surface area contributed by atoms with Gasteiger partial charge in [0.2, 0.25) is 0 Å². The quantitative estimate of drug-likeness (QED) is 0.128. The third-order valence-corrected chi connectivity index (χ3v) is 12.5. The summed E-state index contributed by atoms with van der Waals surface area (Å²) in [6.45, 7) is 0. The van der Waals surface area contributed by atoms with Crippen LogP contribution in [0.1, 0.15) is 0 Å². The Bertz CT molecular complexity index is 3170. The Morgan fingerprint density at radius 1 is 0.152 bits per heavy atom. The van der Waals surface area contributed by atoms with Gasteiger partial charge in [0.1, 0.15) is 0 Å². The highest BCUT2D eigenvalue weighted by Crippen LogP contribution is 2.41. The third kappa shape index (κ3) is 8.40. The molecule has 0 N–H and O–H groups in total. The number of benzene rings is 11. The summed E-state index contributed by atoms with van der Waals surface area (Å²) in [5.41, 5.74) is 18.6. The molecule has 0 radical (unpaired) electrons. The lowest BCUT2D eigenvalue weighted by atomic mass is 9.99. The van der Waals surface area contributed by atoms with E-state index < -0.39 is 0 Å². The Kier molecular flexibility index (Phi) is 11.0. The lowest BCUT2D eigenvalue weighted by Gasteiger charge is -2.26. The van der Waals surface area contributed by atoms with Gasteiger partial charge in [0, 0.05) is 34.1 Å².